The van der Waals surface area contributed by atoms with Crippen LogP contribution in [0.5, 0.6) is 0 Å². The van der Waals surface area contributed by atoms with E-state index in [1.807, 2.05) is 0 Å². The van der Waals surface area contributed by atoms with Crippen LogP contribution in [0.3, 0.4) is 0 Å². The summed E-state index contributed by atoms with van der Waals surface area (Å²) >= 11 is 0. The van der Waals surface area contributed by atoms with Crippen molar-refractivity contribution in [3.8, 4) is 0 Å². The van der Waals surface area contributed by atoms with E-state index in [1.54, 1.807) is 0 Å². The van der Waals surface area contributed by atoms with Gasteiger partial charge in [-0.15, -0.1) is 0 Å². The molecule has 6 nitrogen and oxygen atoms in total. The minimum Gasteiger partial charge on any atom is -0.462 e. The highest BCUT2D eigenvalue weighted by atomic mass is 16.6. The van der Waals surface area contributed by atoms with Crippen LogP contribution in [0, 0.1) is 0 Å². The number of hydrogen-bond donors (Lipinski definition) is 0. The van der Waals surface area contributed by atoms with Gasteiger partial charge >= 0.3 is 17.9 Å². The van der Waals surface area contributed by atoms with Crippen molar-refractivity contribution >= 4 is 17.9 Å². The number of carbonyl (C=O) groups is 3. The van der Waals surface area contributed by atoms with Gasteiger partial charge in [0, 0.05) is 19.3 Å². The normalized spacial score (nSPS) is 12.2. The third kappa shape index (κ3) is 68.4. The van der Waals surface area contributed by atoms with Crippen LogP contribution in [0.15, 0.2) is 36.5 Å². The van der Waals surface area contributed by atoms with Crippen molar-refractivity contribution in [1.82, 2.24) is 0 Å². The van der Waals surface area contributed by atoms with Crippen molar-refractivity contribution in [2.24, 2.45) is 0 Å². The lowest BCUT2D eigenvalue weighted by Crippen LogP contribution is -2.30. The molecule has 0 aromatic rings. The molecule has 82 heavy (non-hydrogen) atoms. The van der Waals surface area contributed by atoms with Gasteiger partial charge < -0.3 is 14.2 Å². The molecule has 0 rings (SSSR count). The standard InChI is InChI=1S/C76H142O6/c1-4-7-10-13-16-19-21-23-25-27-29-31-33-35-36-37-38-39-40-42-43-45-47-49-51-53-55-57-60-63-66-69-75(78)81-72-73(71-80-74(77)68-65-62-59-18-15-12-9-6-3)82-76(79)70-67-64-61-58-56-54-52-50-48-46-44-41-34-32-30-28-26-24-22-20-17-14-11-8-5-2/h21,23,27-30,73H,4-20,22,24-26,31-72H2,1-3H3/b23-21-,29-27-,30-28-. The van der Waals surface area contributed by atoms with Crippen molar-refractivity contribution in [3.63, 3.8) is 0 Å². The number of esters is 3. The van der Waals surface area contributed by atoms with Crippen molar-refractivity contribution in [1.29, 1.82) is 0 Å². The summed E-state index contributed by atoms with van der Waals surface area (Å²) in [5.41, 5.74) is 0. The predicted molar refractivity (Wildman–Crippen MR) is 358 cm³/mol. The van der Waals surface area contributed by atoms with Crippen molar-refractivity contribution < 1.29 is 28.6 Å². The molecule has 0 bridgehead atoms. The summed E-state index contributed by atoms with van der Waals surface area (Å²) in [4.78, 5) is 38.3. The number of unbranched alkanes of at least 4 members (excludes halogenated alkanes) is 52. The average Bonchev–Trinajstić information content (AvgIpc) is 3.47. The Morgan fingerprint density at radius 2 is 0.439 bits per heavy atom. The molecule has 0 heterocycles. The number of rotatable bonds is 69. The monoisotopic (exact) mass is 1150 g/mol. The molecular weight excluding hydrogens is 1010 g/mol. The smallest absolute Gasteiger partial charge is 0.306 e. The van der Waals surface area contributed by atoms with Crippen LogP contribution in [0.1, 0.15) is 412 Å². The minimum absolute atomic E-state index is 0.0660. The van der Waals surface area contributed by atoms with Gasteiger partial charge in [-0.25, -0.2) is 0 Å². The van der Waals surface area contributed by atoms with Gasteiger partial charge in [-0.2, -0.15) is 0 Å². The Kier molecular flexibility index (Phi) is 69.1. The Morgan fingerprint density at radius 3 is 0.683 bits per heavy atom. The Balaban J connectivity index is 4.03. The van der Waals surface area contributed by atoms with Crippen LogP contribution in [0.4, 0.5) is 0 Å². The van der Waals surface area contributed by atoms with Gasteiger partial charge in [0.05, 0.1) is 0 Å². The molecule has 0 aromatic carbocycles. The molecule has 0 saturated carbocycles. The maximum atomic E-state index is 12.9. The largest absolute Gasteiger partial charge is 0.462 e. The molecule has 0 radical (unpaired) electrons. The van der Waals surface area contributed by atoms with E-state index in [1.165, 1.54) is 308 Å². The van der Waals surface area contributed by atoms with E-state index in [9.17, 15) is 14.4 Å². The van der Waals surface area contributed by atoms with E-state index in [2.05, 4.69) is 57.2 Å². The van der Waals surface area contributed by atoms with E-state index < -0.39 is 6.10 Å². The second-order valence-corrected chi connectivity index (χ2v) is 25.2. The molecule has 1 atom stereocenters. The molecule has 0 aromatic heterocycles. The highest BCUT2D eigenvalue weighted by Gasteiger charge is 2.19. The van der Waals surface area contributed by atoms with Crippen molar-refractivity contribution in [2.45, 2.75) is 419 Å². The van der Waals surface area contributed by atoms with Gasteiger partial charge in [0.15, 0.2) is 6.10 Å². The minimum atomic E-state index is -0.768. The first-order chi connectivity index (χ1) is 40.5. The summed E-state index contributed by atoms with van der Waals surface area (Å²) in [6, 6.07) is 0. The van der Waals surface area contributed by atoms with Gasteiger partial charge in [0.25, 0.3) is 0 Å². The van der Waals surface area contributed by atoms with Crippen molar-refractivity contribution in [2.75, 3.05) is 13.2 Å². The van der Waals surface area contributed by atoms with E-state index in [-0.39, 0.29) is 31.1 Å². The molecule has 0 aliphatic heterocycles. The molecule has 0 aliphatic rings. The van der Waals surface area contributed by atoms with Crippen molar-refractivity contribution in [3.05, 3.63) is 36.5 Å². The zero-order valence-corrected chi connectivity index (χ0v) is 55.5. The lowest BCUT2D eigenvalue weighted by atomic mass is 10.0. The maximum absolute atomic E-state index is 12.9. The summed E-state index contributed by atoms with van der Waals surface area (Å²) in [5.74, 6) is -0.841. The van der Waals surface area contributed by atoms with Gasteiger partial charge in [-0.3, -0.25) is 14.4 Å². The first kappa shape index (κ1) is 79.6. The predicted octanol–water partition coefficient (Wildman–Crippen LogP) is 25.5. The highest BCUT2D eigenvalue weighted by Crippen LogP contribution is 2.19. The molecule has 482 valence electrons. The third-order valence-electron chi connectivity index (χ3n) is 16.9. The summed E-state index contributed by atoms with van der Waals surface area (Å²) < 4.78 is 16.9. The first-order valence-electron chi connectivity index (χ1n) is 37.0. The van der Waals surface area contributed by atoms with E-state index in [4.69, 9.17) is 14.2 Å². The Labute approximate surface area is 512 Å². The van der Waals surface area contributed by atoms with E-state index in [0.717, 1.165) is 64.2 Å². The van der Waals surface area contributed by atoms with Crippen LogP contribution in [-0.2, 0) is 28.6 Å². The Hall–Kier alpha value is -2.37. The lowest BCUT2D eigenvalue weighted by Gasteiger charge is -2.18. The van der Waals surface area contributed by atoms with Crippen LogP contribution in [-0.4, -0.2) is 37.2 Å². The summed E-state index contributed by atoms with van der Waals surface area (Å²) in [6.07, 6.45) is 89.3. The molecule has 0 aliphatic carbocycles. The molecular formula is C76H142O6. The van der Waals surface area contributed by atoms with Gasteiger partial charge in [-0.05, 0) is 77.0 Å². The Bertz CT molecular complexity index is 1370. The van der Waals surface area contributed by atoms with Gasteiger partial charge in [0.1, 0.15) is 13.2 Å². The number of allylic oxidation sites excluding steroid dienone is 6. The fourth-order valence-electron chi connectivity index (χ4n) is 11.3. The molecule has 1 unspecified atom stereocenters. The summed E-state index contributed by atoms with van der Waals surface area (Å²) in [5, 5.41) is 0. The SMILES string of the molecule is CCCCCCC/C=C\C/C=C\CCCCCCCCCCCCCCCCCCCCCC(=O)OCC(COC(=O)CCCCCCCCCC)OC(=O)CCCCCCCCCCCCCCC/C=C\CCCCCCCCCC. The molecule has 6 heteroatoms. The van der Waals surface area contributed by atoms with E-state index in [0.29, 0.717) is 19.3 Å². The Morgan fingerprint density at radius 1 is 0.244 bits per heavy atom. The van der Waals surface area contributed by atoms with Crippen LogP contribution < -0.4 is 0 Å². The first-order valence-corrected chi connectivity index (χ1v) is 37.0. The van der Waals surface area contributed by atoms with Crippen LogP contribution >= 0.6 is 0 Å². The van der Waals surface area contributed by atoms with Gasteiger partial charge in [0.2, 0.25) is 0 Å². The third-order valence-corrected chi connectivity index (χ3v) is 16.9. The van der Waals surface area contributed by atoms with Gasteiger partial charge in [-0.1, -0.05) is 353 Å². The topological polar surface area (TPSA) is 78.9 Å². The fourth-order valence-corrected chi connectivity index (χ4v) is 11.3. The maximum Gasteiger partial charge on any atom is 0.306 e. The molecule has 0 spiro atoms. The summed E-state index contributed by atoms with van der Waals surface area (Å²) in [6.45, 7) is 6.67. The highest BCUT2D eigenvalue weighted by molar-refractivity contribution is 5.71. The zero-order chi connectivity index (χ0) is 59.2. The molecule has 0 fully saturated rings. The lowest BCUT2D eigenvalue weighted by molar-refractivity contribution is -0.167. The number of hydrogen-bond acceptors (Lipinski definition) is 6. The van der Waals surface area contributed by atoms with Crippen LogP contribution in [0.25, 0.3) is 0 Å². The molecule has 0 N–H and O–H groups in total. The second kappa shape index (κ2) is 71.1. The fraction of sp³-hybridized carbons (Fsp3) is 0.882. The quantitative estimate of drug-likeness (QED) is 0.0261. The van der Waals surface area contributed by atoms with Crippen LogP contribution in [0.2, 0.25) is 0 Å². The number of ether oxygens (including phenoxy) is 3. The average molecular weight is 1150 g/mol. The number of carbonyl (C=O) groups excluding carboxylic acids is 3. The van der Waals surface area contributed by atoms with E-state index >= 15 is 0 Å². The zero-order valence-electron chi connectivity index (χ0n) is 55.5. The molecule has 0 amide bonds. The summed E-state index contributed by atoms with van der Waals surface area (Å²) in [7, 11) is 0. The molecule has 0 saturated heterocycles. The second-order valence-electron chi connectivity index (χ2n) is 25.2.